The number of benzene rings is 2. The monoisotopic (exact) mass is 279 g/mol. The molecule has 0 atom stereocenters. The van der Waals surface area contributed by atoms with E-state index in [4.69, 9.17) is 0 Å². The predicted octanol–water partition coefficient (Wildman–Crippen LogP) is 2.64. The van der Waals surface area contributed by atoms with Crippen molar-refractivity contribution in [2.75, 3.05) is 0 Å². The number of aromatic hydroxyl groups is 1. The molecule has 21 heavy (non-hydrogen) atoms. The molecule has 3 aromatic rings. The van der Waals surface area contributed by atoms with Gasteiger partial charge in [-0.15, -0.1) is 0 Å². The van der Waals surface area contributed by atoms with Crippen molar-refractivity contribution in [1.29, 1.82) is 0 Å². The van der Waals surface area contributed by atoms with Crippen LogP contribution in [0.2, 0.25) is 0 Å². The first-order valence-electron chi connectivity index (χ1n) is 6.42. The van der Waals surface area contributed by atoms with E-state index in [1.807, 2.05) is 30.5 Å². The molecule has 0 aliphatic rings. The molecular weight excluding hydrogens is 266 g/mol. The van der Waals surface area contributed by atoms with Gasteiger partial charge in [0.15, 0.2) is 0 Å². The summed E-state index contributed by atoms with van der Waals surface area (Å²) in [5.74, 6) is -0.208. The molecule has 3 rings (SSSR count). The topological polar surface area (TPSA) is 77.5 Å². The Morgan fingerprint density at radius 1 is 1.14 bits per heavy atom. The third kappa shape index (κ3) is 2.76. The van der Waals surface area contributed by atoms with E-state index in [0.29, 0.717) is 5.56 Å². The van der Waals surface area contributed by atoms with Gasteiger partial charge in [-0.2, -0.15) is 5.10 Å². The molecule has 0 saturated carbocycles. The molecule has 3 N–H and O–H groups in total. The molecule has 0 fully saturated rings. The van der Waals surface area contributed by atoms with Crippen LogP contribution in [0.3, 0.4) is 0 Å². The Morgan fingerprint density at radius 2 is 1.90 bits per heavy atom. The molecule has 1 amide bonds. The third-order valence-corrected chi connectivity index (χ3v) is 3.12. The van der Waals surface area contributed by atoms with Gasteiger partial charge in [0.1, 0.15) is 5.75 Å². The average Bonchev–Trinajstić information content (AvgIpc) is 2.91. The zero-order valence-corrected chi connectivity index (χ0v) is 11.1. The van der Waals surface area contributed by atoms with Gasteiger partial charge in [-0.05, 0) is 30.3 Å². The van der Waals surface area contributed by atoms with Crippen LogP contribution in [-0.2, 0) is 0 Å². The van der Waals surface area contributed by atoms with E-state index < -0.39 is 0 Å². The smallest absolute Gasteiger partial charge is 0.271 e. The molecule has 5 nitrogen and oxygen atoms in total. The summed E-state index contributed by atoms with van der Waals surface area (Å²) in [6.07, 6.45) is 3.43. The predicted molar refractivity (Wildman–Crippen MR) is 81.5 cm³/mol. The van der Waals surface area contributed by atoms with E-state index in [9.17, 15) is 9.90 Å². The Morgan fingerprint density at radius 3 is 2.71 bits per heavy atom. The number of nitrogens with zero attached hydrogens (tertiary/aromatic N) is 1. The second-order valence-electron chi connectivity index (χ2n) is 4.54. The fraction of sp³-hybridized carbons (Fsp3) is 0. The molecule has 0 aliphatic heterocycles. The van der Waals surface area contributed by atoms with E-state index in [1.54, 1.807) is 6.21 Å². The van der Waals surface area contributed by atoms with Crippen LogP contribution in [0.1, 0.15) is 15.9 Å². The lowest BCUT2D eigenvalue weighted by Gasteiger charge is -1.99. The first kappa shape index (κ1) is 12.9. The van der Waals surface area contributed by atoms with Crippen molar-refractivity contribution in [1.82, 2.24) is 10.4 Å². The summed E-state index contributed by atoms with van der Waals surface area (Å²) in [6, 6.07) is 13.8. The number of aromatic amines is 1. The second-order valence-corrected chi connectivity index (χ2v) is 4.54. The molecule has 0 spiro atoms. The molecule has 1 heterocycles. The Bertz CT molecular complexity index is 804. The van der Waals surface area contributed by atoms with E-state index in [0.717, 1.165) is 16.5 Å². The number of carbonyl (C=O) groups is 1. The quantitative estimate of drug-likeness (QED) is 0.509. The van der Waals surface area contributed by atoms with Gasteiger partial charge in [-0.3, -0.25) is 4.79 Å². The Labute approximate surface area is 120 Å². The number of phenols is 1. The maximum Gasteiger partial charge on any atom is 0.271 e. The summed E-state index contributed by atoms with van der Waals surface area (Å²) in [4.78, 5) is 15.0. The summed E-state index contributed by atoms with van der Waals surface area (Å²) in [7, 11) is 0. The van der Waals surface area contributed by atoms with Gasteiger partial charge in [0.05, 0.1) is 6.21 Å². The SMILES string of the molecule is O=C(N/N=C\c1c[nH]c2ccccc12)c1ccc(O)cc1. The van der Waals surface area contributed by atoms with Crippen LogP contribution in [0.15, 0.2) is 59.8 Å². The summed E-state index contributed by atoms with van der Waals surface area (Å²) in [5, 5.41) is 14.2. The van der Waals surface area contributed by atoms with Crippen LogP contribution in [0.4, 0.5) is 0 Å². The number of hydrogen-bond acceptors (Lipinski definition) is 3. The number of hydrogen-bond donors (Lipinski definition) is 3. The number of fused-ring (bicyclic) bond motifs is 1. The van der Waals surface area contributed by atoms with Crippen molar-refractivity contribution >= 4 is 23.0 Å². The van der Waals surface area contributed by atoms with Crippen molar-refractivity contribution in [2.24, 2.45) is 5.10 Å². The number of carbonyl (C=O) groups excluding carboxylic acids is 1. The number of amides is 1. The lowest BCUT2D eigenvalue weighted by atomic mass is 10.2. The molecule has 0 aliphatic carbocycles. The minimum absolute atomic E-state index is 0.119. The van der Waals surface area contributed by atoms with Crippen LogP contribution in [0, 0.1) is 0 Å². The molecule has 1 aromatic heterocycles. The average molecular weight is 279 g/mol. The van der Waals surface area contributed by atoms with Crippen molar-refractivity contribution in [2.45, 2.75) is 0 Å². The molecule has 2 aromatic carbocycles. The van der Waals surface area contributed by atoms with Gasteiger partial charge in [0.25, 0.3) is 5.91 Å². The summed E-state index contributed by atoms with van der Waals surface area (Å²) in [5.41, 5.74) is 4.81. The van der Waals surface area contributed by atoms with Crippen molar-refractivity contribution < 1.29 is 9.90 Å². The first-order valence-corrected chi connectivity index (χ1v) is 6.42. The van der Waals surface area contributed by atoms with Crippen molar-refractivity contribution in [3.63, 3.8) is 0 Å². The van der Waals surface area contributed by atoms with Crippen LogP contribution in [-0.4, -0.2) is 22.2 Å². The number of para-hydroxylation sites is 1. The number of aromatic nitrogens is 1. The summed E-state index contributed by atoms with van der Waals surface area (Å²) < 4.78 is 0. The van der Waals surface area contributed by atoms with Crippen molar-refractivity contribution in [3.05, 3.63) is 65.9 Å². The highest BCUT2D eigenvalue weighted by atomic mass is 16.3. The maximum atomic E-state index is 11.8. The molecule has 0 unspecified atom stereocenters. The lowest BCUT2D eigenvalue weighted by molar-refractivity contribution is 0.0955. The number of phenolic OH excluding ortho intramolecular Hbond substituents is 1. The molecule has 0 saturated heterocycles. The molecule has 5 heteroatoms. The largest absolute Gasteiger partial charge is 0.508 e. The zero-order valence-electron chi connectivity index (χ0n) is 11.1. The summed E-state index contributed by atoms with van der Waals surface area (Å²) in [6.45, 7) is 0. The zero-order chi connectivity index (χ0) is 14.7. The Kier molecular flexibility index (Phi) is 3.39. The fourth-order valence-electron chi connectivity index (χ4n) is 2.04. The molecule has 0 bridgehead atoms. The molecular formula is C16H13N3O2. The number of hydrazone groups is 1. The van der Waals surface area contributed by atoms with Crippen LogP contribution in [0.5, 0.6) is 5.75 Å². The molecule has 104 valence electrons. The van der Waals surface area contributed by atoms with Gasteiger partial charge >= 0.3 is 0 Å². The molecule has 0 radical (unpaired) electrons. The van der Waals surface area contributed by atoms with Gasteiger partial charge in [0, 0.05) is 28.2 Å². The van der Waals surface area contributed by atoms with Crippen LogP contribution >= 0.6 is 0 Å². The van der Waals surface area contributed by atoms with Crippen LogP contribution in [0.25, 0.3) is 10.9 Å². The minimum Gasteiger partial charge on any atom is -0.508 e. The van der Waals surface area contributed by atoms with Gasteiger partial charge in [0.2, 0.25) is 0 Å². The summed E-state index contributed by atoms with van der Waals surface area (Å²) >= 11 is 0. The van der Waals surface area contributed by atoms with Crippen LogP contribution < -0.4 is 5.43 Å². The Balaban J connectivity index is 1.72. The minimum atomic E-state index is -0.328. The fourth-order valence-corrected chi connectivity index (χ4v) is 2.04. The number of H-pyrrole nitrogens is 1. The highest BCUT2D eigenvalue weighted by molar-refractivity contribution is 6.00. The van der Waals surface area contributed by atoms with E-state index in [2.05, 4.69) is 15.5 Å². The number of rotatable bonds is 3. The first-order chi connectivity index (χ1) is 10.2. The van der Waals surface area contributed by atoms with Gasteiger partial charge in [-0.1, -0.05) is 18.2 Å². The van der Waals surface area contributed by atoms with E-state index in [-0.39, 0.29) is 11.7 Å². The van der Waals surface area contributed by atoms with Gasteiger partial charge < -0.3 is 10.1 Å². The van der Waals surface area contributed by atoms with Gasteiger partial charge in [-0.25, -0.2) is 5.43 Å². The van der Waals surface area contributed by atoms with E-state index in [1.165, 1.54) is 24.3 Å². The lowest BCUT2D eigenvalue weighted by Crippen LogP contribution is -2.17. The highest BCUT2D eigenvalue weighted by Gasteiger charge is 2.04. The van der Waals surface area contributed by atoms with E-state index >= 15 is 0 Å². The number of nitrogens with one attached hydrogen (secondary N) is 2. The Hall–Kier alpha value is -3.08. The highest BCUT2D eigenvalue weighted by Crippen LogP contribution is 2.15. The second kappa shape index (κ2) is 5.50. The standard InChI is InChI=1S/C16H13N3O2/c20-13-7-5-11(6-8-13)16(21)19-18-10-12-9-17-15-4-2-1-3-14(12)15/h1-10,17,20H,(H,19,21)/b18-10-. The van der Waals surface area contributed by atoms with Crippen molar-refractivity contribution in [3.8, 4) is 5.75 Å². The maximum absolute atomic E-state index is 11.8. The normalized spacial score (nSPS) is 11.0. The third-order valence-electron chi connectivity index (χ3n) is 3.12.